The fourth-order valence-electron chi connectivity index (χ4n) is 1.77. The molecule has 0 bridgehead atoms. The molecule has 1 aliphatic heterocycles. The Hall–Kier alpha value is -1.58. The standard InChI is InChI=1S/C12H19N3O3/c1-3-4-13-9-11(16)14-5-7-15(8-6-14)12(17)10-18-2/h1,13H,4-10H2,2H3. The van der Waals surface area contributed by atoms with Crippen LogP contribution in [-0.2, 0) is 14.3 Å². The van der Waals surface area contributed by atoms with Crippen LogP contribution in [0.5, 0.6) is 0 Å². The fraction of sp³-hybridized carbons (Fsp3) is 0.667. The van der Waals surface area contributed by atoms with Crippen molar-refractivity contribution in [1.82, 2.24) is 15.1 Å². The molecule has 2 amide bonds. The summed E-state index contributed by atoms with van der Waals surface area (Å²) in [6.45, 7) is 2.97. The number of nitrogens with zero attached hydrogens (tertiary/aromatic N) is 2. The van der Waals surface area contributed by atoms with Crippen molar-refractivity contribution in [2.75, 3.05) is 53.0 Å². The first-order valence-electron chi connectivity index (χ1n) is 5.87. The van der Waals surface area contributed by atoms with Gasteiger partial charge in [-0.15, -0.1) is 6.42 Å². The Morgan fingerprint density at radius 2 is 1.78 bits per heavy atom. The van der Waals surface area contributed by atoms with Crippen LogP contribution in [0.2, 0.25) is 0 Å². The molecule has 0 radical (unpaired) electrons. The van der Waals surface area contributed by atoms with Crippen molar-refractivity contribution in [3.8, 4) is 12.3 Å². The first-order valence-corrected chi connectivity index (χ1v) is 5.87. The largest absolute Gasteiger partial charge is 0.375 e. The molecule has 1 fully saturated rings. The lowest BCUT2D eigenvalue weighted by molar-refractivity contribution is -0.141. The Morgan fingerprint density at radius 1 is 1.22 bits per heavy atom. The summed E-state index contributed by atoms with van der Waals surface area (Å²) in [4.78, 5) is 26.7. The van der Waals surface area contributed by atoms with Gasteiger partial charge in [0.1, 0.15) is 6.61 Å². The van der Waals surface area contributed by atoms with Crippen LogP contribution in [-0.4, -0.2) is 74.6 Å². The van der Waals surface area contributed by atoms with Gasteiger partial charge in [0.15, 0.2) is 0 Å². The third-order valence-corrected chi connectivity index (χ3v) is 2.76. The van der Waals surface area contributed by atoms with Gasteiger partial charge in [-0.2, -0.15) is 0 Å². The number of piperazine rings is 1. The molecule has 0 spiro atoms. The number of hydrogen-bond donors (Lipinski definition) is 1. The lowest BCUT2D eigenvalue weighted by Gasteiger charge is -2.34. The molecule has 0 atom stereocenters. The van der Waals surface area contributed by atoms with Gasteiger partial charge in [0, 0.05) is 33.3 Å². The van der Waals surface area contributed by atoms with E-state index in [9.17, 15) is 9.59 Å². The minimum Gasteiger partial charge on any atom is -0.375 e. The number of carbonyl (C=O) groups is 2. The number of methoxy groups -OCH3 is 1. The molecule has 0 unspecified atom stereocenters. The van der Waals surface area contributed by atoms with Gasteiger partial charge in [-0.05, 0) is 0 Å². The van der Waals surface area contributed by atoms with Crippen LogP contribution < -0.4 is 5.32 Å². The van der Waals surface area contributed by atoms with Gasteiger partial charge in [-0.1, -0.05) is 5.92 Å². The molecular weight excluding hydrogens is 234 g/mol. The summed E-state index contributed by atoms with van der Waals surface area (Å²) in [5, 5.41) is 2.86. The van der Waals surface area contributed by atoms with Crippen LogP contribution in [0.3, 0.4) is 0 Å². The molecule has 0 aliphatic carbocycles. The van der Waals surface area contributed by atoms with Gasteiger partial charge in [0.2, 0.25) is 11.8 Å². The van der Waals surface area contributed by atoms with E-state index in [1.807, 2.05) is 0 Å². The first kappa shape index (κ1) is 14.5. The third-order valence-electron chi connectivity index (χ3n) is 2.76. The number of carbonyl (C=O) groups excluding carboxylic acids is 2. The molecule has 0 aromatic heterocycles. The third kappa shape index (κ3) is 4.35. The summed E-state index contributed by atoms with van der Waals surface area (Å²) in [5.74, 6) is 2.40. The quantitative estimate of drug-likeness (QED) is 0.480. The number of terminal acetylenes is 1. The van der Waals surface area contributed by atoms with Crippen LogP contribution >= 0.6 is 0 Å². The van der Waals surface area contributed by atoms with Gasteiger partial charge in [0.25, 0.3) is 0 Å². The average molecular weight is 253 g/mol. The molecule has 0 aromatic rings. The highest BCUT2D eigenvalue weighted by Crippen LogP contribution is 2.02. The zero-order valence-corrected chi connectivity index (χ0v) is 10.6. The van der Waals surface area contributed by atoms with Gasteiger partial charge in [-0.3, -0.25) is 14.9 Å². The number of ether oxygens (including phenoxy) is 1. The molecule has 1 N–H and O–H groups in total. The number of rotatable bonds is 5. The predicted octanol–water partition coefficient (Wildman–Crippen LogP) is -1.47. The second-order valence-electron chi connectivity index (χ2n) is 4.00. The average Bonchev–Trinajstić information content (AvgIpc) is 2.39. The summed E-state index contributed by atoms with van der Waals surface area (Å²) in [6, 6.07) is 0. The van der Waals surface area contributed by atoms with Crippen LogP contribution in [0.15, 0.2) is 0 Å². The summed E-state index contributed by atoms with van der Waals surface area (Å²) in [5.41, 5.74) is 0. The molecule has 0 aromatic carbocycles. The van der Waals surface area contributed by atoms with Crippen molar-refractivity contribution >= 4 is 11.8 Å². The number of nitrogens with one attached hydrogen (secondary N) is 1. The highest BCUT2D eigenvalue weighted by Gasteiger charge is 2.23. The highest BCUT2D eigenvalue weighted by molar-refractivity contribution is 5.80. The minimum absolute atomic E-state index is 0.0177. The number of amides is 2. The van der Waals surface area contributed by atoms with Crippen LogP contribution in [0.1, 0.15) is 0 Å². The maximum atomic E-state index is 11.7. The maximum Gasteiger partial charge on any atom is 0.248 e. The zero-order chi connectivity index (χ0) is 13.4. The van der Waals surface area contributed by atoms with E-state index >= 15 is 0 Å². The maximum absolute atomic E-state index is 11.7. The van der Waals surface area contributed by atoms with Crippen molar-refractivity contribution in [3.63, 3.8) is 0 Å². The molecule has 1 aliphatic rings. The van der Waals surface area contributed by atoms with E-state index in [1.165, 1.54) is 7.11 Å². The van der Waals surface area contributed by atoms with Crippen molar-refractivity contribution in [2.24, 2.45) is 0 Å². The topological polar surface area (TPSA) is 61.9 Å². The summed E-state index contributed by atoms with van der Waals surface area (Å²) in [7, 11) is 1.49. The monoisotopic (exact) mass is 253 g/mol. The predicted molar refractivity (Wildman–Crippen MR) is 66.7 cm³/mol. The Morgan fingerprint density at radius 3 is 2.28 bits per heavy atom. The summed E-state index contributed by atoms with van der Waals surface area (Å²) >= 11 is 0. The molecule has 0 saturated carbocycles. The van der Waals surface area contributed by atoms with E-state index in [4.69, 9.17) is 11.2 Å². The van der Waals surface area contributed by atoms with Crippen molar-refractivity contribution in [3.05, 3.63) is 0 Å². The van der Waals surface area contributed by atoms with E-state index in [-0.39, 0.29) is 25.0 Å². The second-order valence-corrected chi connectivity index (χ2v) is 4.00. The SMILES string of the molecule is C#CCNCC(=O)N1CCN(C(=O)COC)CC1. The normalized spacial score (nSPS) is 15.3. The van der Waals surface area contributed by atoms with Gasteiger partial charge < -0.3 is 14.5 Å². The molecule has 1 rings (SSSR count). The summed E-state index contributed by atoms with van der Waals surface area (Å²) in [6.07, 6.45) is 5.08. The molecule has 1 heterocycles. The van der Waals surface area contributed by atoms with E-state index in [0.29, 0.717) is 32.7 Å². The molecule has 6 nitrogen and oxygen atoms in total. The van der Waals surface area contributed by atoms with Crippen molar-refractivity contribution in [2.45, 2.75) is 0 Å². The van der Waals surface area contributed by atoms with Crippen LogP contribution in [0.4, 0.5) is 0 Å². The molecule has 1 saturated heterocycles. The molecular formula is C12H19N3O3. The lowest BCUT2D eigenvalue weighted by Crippen LogP contribution is -2.52. The highest BCUT2D eigenvalue weighted by atomic mass is 16.5. The van der Waals surface area contributed by atoms with Crippen LogP contribution in [0, 0.1) is 12.3 Å². The molecule has 18 heavy (non-hydrogen) atoms. The second kappa shape index (κ2) is 7.69. The first-order chi connectivity index (χ1) is 8.69. The summed E-state index contributed by atoms with van der Waals surface area (Å²) < 4.78 is 4.80. The Balaban J connectivity index is 2.28. The van der Waals surface area contributed by atoms with Crippen molar-refractivity contribution in [1.29, 1.82) is 0 Å². The van der Waals surface area contributed by atoms with E-state index in [1.54, 1.807) is 9.80 Å². The van der Waals surface area contributed by atoms with E-state index < -0.39 is 0 Å². The zero-order valence-electron chi connectivity index (χ0n) is 10.6. The molecule has 6 heteroatoms. The Bertz CT molecular complexity index is 330. The fourth-order valence-corrected chi connectivity index (χ4v) is 1.77. The smallest absolute Gasteiger partial charge is 0.248 e. The number of hydrogen-bond acceptors (Lipinski definition) is 4. The van der Waals surface area contributed by atoms with Gasteiger partial charge in [0.05, 0.1) is 13.1 Å². The van der Waals surface area contributed by atoms with E-state index in [2.05, 4.69) is 11.2 Å². The Kier molecular flexibility index (Phi) is 6.19. The van der Waals surface area contributed by atoms with Gasteiger partial charge in [-0.25, -0.2) is 0 Å². The van der Waals surface area contributed by atoms with E-state index in [0.717, 1.165) is 0 Å². The Labute approximate surface area is 107 Å². The molecule has 100 valence electrons. The lowest BCUT2D eigenvalue weighted by atomic mass is 10.3. The van der Waals surface area contributed by atoms with Crippen molar-refractivity contribution < 1.29 is 14.3 Å². The van der Waals surface area contributed by atoms with Crippen LogP contribution in [0.25, 0.3) is 0 Å². The van der Waals surface area contributed by atoms with Gasteiger partial charge >= 0.3 is 0 Å². The minimum atomic E-state index is -0.0324.